The summed E-state index contributed by atoms with van der Waals surface area (Å²) in [6.07, 6.45) is 3.40. The number of hydrogen-bond donors (Lipinski definition) is 1. The zero-order valence-corrected chi connectivity index (χ0v) is 11.8. The van der Waals surface area contributed by atoms with Crippen LogP contribution in [0, 0.1) is 0 Å². The standard InChI is InChI=1S/C16H17N2O3/c1-21-14-4-2-12(3-5-14)16(20)11-18-8-6-13(7-9-18)15(19)10-17/h2-9H,10-11,17H2,1H3/q+1. The van der Waals surface area contributed by atoms with Gasteiger partial charge in [0.15, 0.2) is 18.2 Å². The quantitative estimate of drug-likeness (QED) is 0.635. The molecule has 0 saturated carbocycles. The number of hydrogen-bond acceptors (Lipinski definition) is 4. The van der Waals surface area contributed by atoms with E-state index in [4.69, 9.17) is 10.5 Å². The van der Waals surface area contributed by atoms with E-state index >= 15 is 0 Å². The lowest BCUT2D eigenvalue weighted by molar-refractivity contribution is -0.683. The molecule has 0 fully saturated rings. The molecule has 0 atom stereocenters. The molecule has 0 amide bonds. The fourth-order valence-corrected chi connectivity index (χ4v) is 1.90. The van der Waals surface area contributed by atoms with E-state index in [-0.39, 0.29) is 24.7 Å². The predicted octanol–water partition coefficient (Wildman–Crippen LogP) is 1.01. The van der Waals surface area contributed by atoms with E-state index in [0.29, 0.717) is 16.9 Å². The zero-order chi connectivity index (χ0) is 15.2. The van der Waals surface area contributed by atoms with Crippen molar-refractivity contribution in [3.05, 3.63) is 59.9 Å². The average molecular weight is 285 g/mol. The summed E-state index contributed by atoms with van der Waals surface area (Å²) in [6.45, 7) is 0.193. The van der Waals surface area contributed by atoms with Gasteiger partial charge in [-0.25, -0.2) is 0 Å². The molecule has 0 bridgehead atoms. The minimum Gasteiger partial charge on any atom is -0.497 e. The molecule has 0 radical (unpaired) electrons. The first-order chi connectivity index (χ1) is 10.1. The highest BCUT2D eigenvalue weighted by molar-refractivity contribution is 5.97. The molecular formula is C16H17N2O3+. The van der Waals surface area contributed by atoms with Crippen LogP contribution in [0.15, 0.2) is 48.8 Å². The van der Waals surface area contributed by atoms with E-state index in [9.17, 15) is 9.59 Å². The lowest BCUT2D eigenvalue weighted by Gasteiger charge is -2.02. The maximum absolute atomic E-state index is 12.1. The average Bonchev–Trinajstić information content (AvgIpc) is 2.55. The summed E-state index contributed by atoms with van der Waals surface area (Å²) in [5.41, 5.74) is 6.46. The zero-order valence-electron chi connectivity index (χ0n) is 11.8. The fraction of sp³-hybridized carbons (Fsp3) is 0.188. The molecule has 21 heavy (non-hydrogen) atoms. The molecule has 0 unspecified atom stereocenters. The number of nitrogens with zero attached hydrogens (tertiary/aromatic N) is 1. The Balaban J connectivity index is 2.06. The number of carbonyl (C=O) groups excluding carboxylic acids is 2. The molecule has 0 saturated heterocycles. The summed E-state index contributed by atoms with van der Waals surface area (Å²) in [5.74, 6) is 0.577. The highest BCUT2D eigenvalue weighted by atomic mass is 16.5. The Kier molecular flexibility index (Phi) is 4.79. The van der Waals surface area contributed by atoms with E-state index in [0.717, 1.165) is 0 Å². The van der Waals surface area contributed by atoms with Gasteiger partial charge < -0.3 is 10.5 Å². The fourth-order valence-electron chi connectivity index (χ4n) is 1.90. The van der Waals surface area contributed by atoms with E-state index in [2.05, 4.69) is 0 Å². The SMILES string of the molecule is COc1ccc(C(=O)C[n+]2ccc(C(=O)CN)cc2)cc1. The first kappa shape index (κ1) is 14.9. The third-order valence-corrected chi connectivity index (χ3v) is 3.14. The maximum atomic E-state index is 12.1. The van der Waals surface area contributed by atoms with Crippen LogP contribution in [0.25, 0.3) is 0 Å². The lowest BCUT2D eigenvalue weighted by Crippen LogP contribution is -2.37. The summed E-state index contributed by atoms with van der Waals surface area (Å²) in [6, 6.07) is 10.3. The molecule has 2 rings (SSSR count). The van der Waals surface area contributed by atoms with Crippen molar-refractivity contribution in [1.82, 2.24) is 0 Å². The van der Waals surface area contributed by atoms with Gasteiger partial charge in [-0.15, -0.1) is 0 Å². The topological polar surface area (TPSA) is 73.3 Å². The summed E-state index contributed by atoms with van der Waals surface area (Å²) < 4.78 is 6.78. The van der Waals surface area contributed by atoms with Crippen molar-refractivity contribution in [3.63, 3.8) is 0 Å². The third-order valence-electron chi connectivity index (χ3n) is 3.14. The molecule has 5 nitrogen and oxygen atoms in total. The van der Waals surface area contributed by atoms with Crippen molar-refractivity contribution < 1.29 is 18.9 Å². The Morgan fingerprint density at radius 2 is 1.57 bits per heavy atom. The second-order valence-corrected chi connectivity index (χ2v) is 4.54. The van der Waals surface area contributed by atoms with Gasteiger partial charge in [0.2, 0.25) is 12.3 Å². The molecule has 0 aliphatic carbocycles. The molecule has 2 N–H and O–H groups in total. The highest BCUT2D eigenvalue weighted by Crippen LogP contribution is 2.11. The van der Waals surface area contributed by atoms with Gasteiger partial charge in [-0.1, -0.05) is 0 Å². The number of carbonyl (C=O) groups is 2. The molecule has 1 aromatic carbocycles. The summed E-state index contributed by atoms with van der Waals surface area (Å²) >= 11 is 0. The van der Waals surface area contributed by atoms with E-state index in [1.807, 2.05) is 0 Å². The lowest BCUT2D eigenvalue weighted by atomic mass is 10.1. The van der Waals surface area contributed by atoms with Gasteiger partial charge in [0.25, 0.3) is 0 Å². The predicted molar refractivity (Wildman–Crippen MR) is 77.3 cm³/mol. The molecule has 2 aromatic rings. The first-order valence-electron chi connectivity index (χ1n) is 6.53. The van der Waals surface area contributed by atoms with Crippen molar-refractivity contribution in [2.45, 2.75) is 6.54 Å². The first-order valence-corrected chi connectivity index (χ1v) is 6.53. The van der Waals surface area contributed by atoms with Crippen molar-refractivity contribution >= 4 is 11.6 Å². The molecule has 1 aromatic heterocycles. The number of pyridine rings is 1. The molecule has 108 valence electrons. The van der Waals surface area contributed by atoms with Crippen LogP contribution in [0.4, 0.5) is 0 Å². The number of aromatic nitrogens is 1. The van der Waals surface area contributed by atoms with Crippen molar-refractivity contribution in [3.8, 4) is 5.75 Å². The minimum atomic E-state index is -0.122. The van der Waals surface area contributed by atoms with Gasteiger partial charge in [0.1, 0.15) is 5.75 Å². The van der Waals surface area contributed by atoms with Crippen LogP contribution >= 0.6 is 0 Å². The van der Waals surface area contributed by atoms with Crippen LogP contribution in [0.1, 0.15) is 20.7 Å². The number of methoxy groups -OCH3 is 1. The smallest absolute Gasteiger partial charge is 0.227 e. The number of ketones is 2. The largest absolute Gasteiger partial charge is 0.497 e. The van der Waals surface area contributed by atoms with Gasteiger partial charge in [-0.05, 0) is 24.3 Å². The second kappa shape index (κ2) is 6.76. The van der Waals surface area contributed by atoms with Crippen LogP contribution in [0.3, 0.4) is 0 Å². The Bertz CT molecular complexity index is 634. The minimum absolute atomic E-state index is 0.0134. The molecule has 0 aliphatic heterocycles. The Hall–Kier alpha value is -2.53. The number of ether oxygens (including phenoxy) is 1. The number of benzene rings is 1. The maximum Gasteiger partial charge on any atom is 0.227 e. The number of rotatable bonds is 6. The third kappa shape index (κ3) is 3.73. The normalized spacial score (nSPS) is 10.2. The van der Waals surface area contributed by atoms with Gasteiger partial charge in [0.05, 0.1) is 13.7 Å². The van der Waals surface area contributed by atoms with E-state index in [1.54, 1.807) is 60.5 Å². The van der Waals surface area contributed by atoms with Crippen molar-refractivity contribution in [2.75, 3.05) is 13.7 Å². The van der Waals surface area contributed by atoms with Crippen LogP contribution in [-0.4, -0.2) is 25.2 Å². The second-order valence-electron chi connectivity index (χ2n) is 4.54. The molecule has 0 spiro atoms. The monoisotopic (exact) mass is 285 g/mol. The molecule has 1 heterocycles. The Morgan fingerprint density at radius 3 is 2.10 bits per heavy atom. The van der Waals surface area contributed by atoms with Gasteiger partial charge in [-0.3, -0.25) is 9.59 Å². The van der Waals surface area contributed by atoms with Crippen LogP contribution in [-0.2, 0) is 6.54 Å². The van der Waals surface area contributed by atoms with Crippen molar-refractivity contribution in [2.24, 2.45) is 5.73 Å². The summed E-state index contributed by atoms with van der Waals surface area (Å²) in [4.78, 5) is 23.6. The van der Waals surface area contributed by atoms with Gasteiger partial charge >= 0.3 is 0 Å². The summed E-state index contributed by atoms with van der Waals surface area (Å²) in [5, 5.41) is 0. The van der Waals surface area contributed by atoms with E-state index in [1.165, 1.54) is 0 Å². The molecular weight excluding hydrogens is 268 g/mol. The molecule has 5 heteroatoms. The molecule has 0 aliphatic rings. The van der Waals surface area contributed by atoms with Gasteiger partial charge in [-0.2, -0.15) is 4.57 Å². The Labute approximate surface area is 123 Å². The van der Waals surface area contributed by atoms with Crippen molar-refractivity contribution in [1.29, 1.82) is 0 Å². The van der Waals surface area contributed by atoms with Crippen LogP contribution in [0.2, 0.25) is 0 Å². The summed E-state index contributed by atoms with van der Waals surface area (Å²) in [7, 11) is 1.58. The van der Waals surface area contributed by atoms with E-state index < -0.39 is 0 Å². The Morgan fingerprint density at radius 1 is 1.00 bits per heavy atom. The highest BCUT2D eigenvalue weighted by Gasteiger charge is 2.13. The number of Topliss-reactive ketones (excluding diaryl/α,β-unsaturated/α-hetero) is 2. The van der Waals surface area contributed by atoms with Gasteiger partial charge in [0, 0.05) is 23.3 Å². The van der Waals surface area contributed by atoms with Crippen LogP contribution in [0.5, 0.6) is 5.75 Å². The van der Waals surface area contributed by atoms with Crippen LogP contribution < -0.4 is 15.0 Å². The number of nitrogens with two attached hydrogens (primary N) is 1.